The maximum absolute atomic E-state index is 14.2. The van der Waals surface area contributed by atoms with Gasteiger partial charge >= 0.3 is 6.18 Å². The zero-order valence-corrected chi connectivity index (χ0v) is 19.2. The molecule has 0 N–H and O–H groups in total. The molecule has 4 aliphatic rings. The van der Waals surface area contributed by atoms with Gasteiger partial charge in [0.1, 0.15) is 11.4 Å². The standard InChI is InChI=1S/C23H24ClF4N5O/c24-16-1-2-17-15(11-16)12-32(22(7-8-22)23(26,27)28)13-18-29-30-19(33(17)18)14-3-9-31(10-4-14)20(34)21(25)5-6-21/h1-2,11,14H,3-10,12-13H2. The van der Waals surface area contributed by atoms with E-state index in [4.69, 9.17) is 11.6 Å². The molecule has 0 unspecified atom stereocenters. The summed E-state index contributed by atoms with van der Waals surface area (Å²) >= 11 is 6.23. The average molecular weight is 498 g/mol. The van der Waals surface area contributed by atoms with Crippen LogP contribution < -0.4 is 0 Å². The Labute approximate surface area is 198 Å². The van der Waals surface area contributed by atoms with Crippen molar-refractivity contribution in [3.05, 3.63) is 40.4 Å². The molecular formula is C23H24ClF4N5O. The van der Waals surface area contributed by atoms with Gasteiger partial charge in [-0.2, -0.15) is 13.2 Å². The molecule has 3 fully saturated rings. The van der Waals surface area contributed by atoms with E-state index in [0.717, 1.165) is 5.69 Å². The monoisotopic (exact) mass is 497 g/mol. The molecule has 1 aromatic carbocycles. The van der Waals surface area contributed by atoms with Crippen LogP contribution in [-0.4, -0.2) is 60.9 Å². The van der Waals surface area contributed by atoms with Gasteiger partial charge in [0, 0.05) is 30.6 Å². The van der Waals surface area contributed by atoms with Gasteiger partial charge in [-0.15, -0.1) is 10.2 Å². The van der Waals surface area contributed by atoms with Gasteiger partial charge in [0.2, 0.25) is 0 Å². The van der Waals surface area contributed by atoms with Crippen LogP contribution >= 0.6 is 11.6 Å². The number of amides is 1. The van der Waals surface area contributed by atoms with Gasteiger partial charge in [-0.25, -0.2) is 4.39 Å². The molecule has 0 bridgehead atoms. The van der Waals surface area contributed by atoms with Gasteiger partial charge in [0.15, 0.2) is 11.5 Å². The summed E-state index contributed by atoms with van der Waals surface area (Å²) in [4.78, 5) is 15.4. The minimum Gasteiger partial charge on any atom is -0.340 e. The van der Waals surface area contributed by atoms with Gasteiger partial charge in [-0.1, -0.05) is 11.6 Å². The number of hydrogen-bond donors (Lipinski definition) is 0. The van der Waals surface area contributed by atoms with E-state index in [1.165, 1.54) is 4.90 Å². The summed E-state index contributed by atoms with van der Waals surface area (Å²) in [6, 6.07) is 5.24. The van der Waals surface area contributed by atoms with Crippen molar-refractivity contribution in [3.63, 3.8) is 0 Å². The number of piperidine rings is 1. The number of benzene rings is 1. The molecule has 1 aromatic heterocycles. The van der Waals surface area contributed by atoms with Crippen molar-refractivity contribution in [3.8, 4) is 5.69 Å². The Morgan fingerprint density at radius 3 is 2.38 bits per heavy atom. The third-order valence-electron chi connectivity index (χ3n) is 7.81. The zero-order valence-electron chi connectivity index (χ0n) is 18.4. The van der Waals surface area contributed by atoms with E-state index in [2.05, 4.69) is 10.2 Å². The molecule has 3 heterocycles. The predicted molar refractivity (Wildman–Crippen MR) is 115 cm³/mol. The lowest BCUT2D eigenvalue weighted by molar-refractivity contribution is -0.200. The fraction of sp³-hybridized carbons (Fsp3) is 0.609. The lowest BCUT2D eigenvalue weighted by atomic mass is 9.95. The number of carbonyl (C=O) groups excluding carboxylic acids is 1. The highest BCUT2D eigenvalue weighted by Gasteiger charge is 2.67. The second kappa shape index (κ2) is 7.40. The molecule has 1 saturated heterocycles. The molecule has 2 aromatic rings. The van der Waals surface area contributed by atoms with Crippen LogP contribution in [0.15, 0.2) is 18.2 Å². The first kappa shape index (κ1) is 22.3. The van der Waals surface area contributed by atoms with Crippen LogP contribution in [0.2, 0.25) is 5.02 Å². The lowest BCUT2D eigenvalue weighted by Crippen LogP contribution is -2.47. The van der Waals surface area contributed by atoms with Gasteiger partial charge in [0.05, 0.1) is 12.2 Å². The Balaban J connectivity index is 1.32. The fourth-order valence-corrected chi connectivity index (χ4v) is 5.63. The van der Waals surface area contributed by atoms with Gasteiger partial charge in [0.25, 0.3) is 5.91 Å². The van der Waals surface area contributed by atoms with Gasteiger partial charge < -0.3 is 4.90 Å². The molecule has 6 rings (SSSR count). The molecule has 34 heavy (non-hydrogen) atoms. The summed E-state index contributed by atoms with van der Waals surface area (Å²) in [5.41, 5.74) is -2.09. The Morgan fingerprint density at radius 1 is 1.06 bits per heavy atom. The van der Waals surface area contributed by atoms with Crippen molar-refractivity contribution in [2.75, 3.05) is 13.1 Å². The molecule has 0 radical (unpaired) electrons. The molecule has 2 saturated carbocycles. The van der Waals surface area contributed by atoms with Crippen LogP contribution in [0.5, 0.6) is 0 Å². The van der Waals surface area contributed by atoms with Crippen molar-refractivity contribution in [2.45, 2.75) is 74.9 Å². The summed E-state index contributed by atoms with van der Waals surface area (Å²) in [5, 5.41) is 9.19. The summed E-state index contributed by atoms with van der Waals surface area (Å²) in [5.74, 6) is 0.674. The van der Waals surface area contributed by atoms with E-state index in [9.17, 15) is 22.4 Å². The Morgan fingerprint density at radius 2 is 1.76 bits per heavy atom. The second-order valence-electron chi connectivity index (χ2n) is 10.0. The molecule has 2 aliphatic carbocycles. The normalized spacial score (nSPS) is 23.7. The highest BCUT2D eigenvalue weighted by atomic mass is 35.5. The van der Waals surface area contributed by atoms with Gasteiger partial charge in [-0.05, 0) is 62.3 Å². The van der Waals surface area contributed by atoms with E-state index < -0.39 is 23.3 Å². The summed E-state index contributed by atoms with van der Waals surface area (Å²) in [6.45, 7) is 0.993. The van der Waals surface area contributed by atoms with Crippen molar-refractivity contribution in [2.24, 2.45) is 0 Å². The van der Waals surface area contributed by atoms with Crippen molar-refractivity contribution < 1.29 is 22.4 Å². The highest BCUT2D eigenvalue weighted by Crippen LogP contribution is 2.55. The summed E-state index contributed by atoms with van der Waals surface area (Å²) < 4.78 is 58.0. The van der Waals surface area contributed by atoms with Crippen molar-refractivity contribution in [1.82, 2.24) is 24.6 Å². The van der Waals surface area contributed by atoms with Crippen LogP contribution in [-0.2, 0) is 17.9 Å². The number of nitrogens with zero attached hydrogens (tertiary/aromatic N) is 5. The van der Waals surface area contributed by atoms with Crippen LogP contribution in [0.1, 0.15) is 61.7 Å². The van der Waals surface area contributed by atoms with E-state index in [-0.39, 0.29) is 31.8 Å². The van der Waals surface area contributed by atoms with Gasteiger partial charge in [-0.3, -0.25) is 14.3 Å². The van der Waals surface area contributed by atoms with Crippen molar-refractivity contribution in [1.29, 1.82) is 0 Å². The smallest absolute Gasteiger partial charge is 0.340 e. The summed E-state index contributed by atoms with van der Waals surface area (Å²) in [6.07, 6.45) is -2.43. The number of halogens is 5. The number of rotatable bonds is 3. The van der Waals surface area contributed by atoms with E-state index in [0.29, 0.717) is 61.0 Å². The number of fused-ring (bicyclic) bond motifs is 3. The Kier molecular flexibility index (Phi) is 4.85. The topological polar surface area (TPSA) is 54.3 Å². The van der Waals surface area contributed by atoms with Crippen LogP contribution in [0.3, 0.4) is 0 Å². The highest BCUT2D eigenvalue weighted by molar-refractivity contribution is 6.30. The SMILES string of the molecule is O=C(N1CCC(c2nnc3n2-c2ccc(Cl)cc2CN(C2(C(F)(F)F)CC2)C3)CC1)C1(F)CC1. The molecule has 6 nitrogen and oxygen atoms in total. The number of aromatic nitrogens is 3. The number of hydrogen-bond acceptors (Lipinski definition) is 4. The third-order valence-corrected chi connectivity index (χ3v) is 8.04. The van der Waals surface area contributed by atoms with Crippen LogP contribution in [0.4, 0.5) is 17.6 Å². The molecule has 182 valence electrons. The van der Waals surface area contributed by atoms with E-state index in [1.54, 1.807) is 17.0 Å². The molecular weight excluding hydrogens is 474 g/mol. The minimum atomic E-state index is -4.33. The third kappa shape index (κ3) is 3.44. The Hall–Kier alpha value is -2.20. The van der Waals surface area contributed by atoms with Crippen LogP contribution in [0.25, 0.3) is 5.69 Å². The van der Waals surface area contributed by atoms with E-state index in [1.807, 2.05) is 10.6 Å². The maximum Gasteiger partial charge on any atom is 0.406 e. The molecule has 11 heteroatoms. The number of alkyl halides is 4. The Bertz CT molecular complexity index is 1150. The number of likely N-dealkylation sites (tertiary alicyclic amines) is 1. The lowest BCUT2D eigenvalue weighted by Gasteiger charge is -2.32. The molecule has 2 aliphatic heterocycles. The second-order valence-corrected chi connectivity index (χ2v) is 10.4. The zero-order chi connectivity index (χ0) is 23.9. The molecule has 1 amide bonds. The molecule has 0 atom stereocenters. The predicted octanol–water partition coefficient (Wildman–Crippen LogP) is 4.54. The first-order valence-electron chi connectivity index (χ1n) is 11.6. The van der Waals surface area contributed by atoms with Crippen molar-refractivity contribution >= 4 is 17.5 Å². The average Bonchev–Trinajstić information content (AvgIpc) is 3.71. The fourth-order valence-electron chi connectivity index (χ4n) is 5.44. The summed E-state index contributed by atoms with van der Waals surface area (Å²) in [7, 11) is 0. The first-order valence-corrected chi connectivity index (χ1v) is 12.0. The number of carbonyl (C=O) groups is 1. The quantitative estimate of drug-likeness (QED) is 0.584. The minimum absolute atomic E-state index is 0.0283. The van der Waals surface area contributed by atoms with E-state index >= 15 is 0 Å². The largest absolute Gasteiger partial charge is 0.406 e. The maximum atomic E-state index is 14.2. The van der Waals surface area contributed by atoms with Crippen LogP contribution in [0, 0.1) is 0 Å². The first-order chi connectivity index (χ1) is 16.1. The molecule has 0 spiro atoms.